The minimum Gasteiger partial charge on any atom is -0.502 e. The number of esters is 1. The molecule has 0 radical (unpaired) electrons. The van der Waals surface area contributed by atoms with E-state index in [1.165, 1.54) is 25.4 Å². The van der Waals surface area contributed by atoms with E-state index in [9.17, 15) is 9.18 Å². The molecule has 0 bridgehead atoms. The summed E-state index contributed by atoms with van der Waals surface area (Å²) < 4.78 is 21.8. The zero-order valence-electron chi connectivity index (χ0n) is 17.3. The molecule has 2 aromatic carbocycles. The first-order chi connectivity index (χ1) is 15.2. The fourth-order valence-electron chi connectivity index (χ4n) is 2.83. The molecular formula is C22H19Cl2FN2O3S2. The first-order valence-electron chi connectivity index (χ1n) is 9.21. The second-order valence-corrected chi connectivity index (χ2v) is 10.5. The smallest absolute Gasteiger partial charge is 0.357 e. The first-order valence-corrected chi connectivity index (χ1v) is 11.6. The quantitative estimate of drug-likeness (QED) is 0.110. The molecule has 3 rings (SSSR count). The largest absolute Gasteiger partial charge is 0.502 e. The van der Waals surface area contributed by atoms with Crippen LogP contribution in [0.1, 0.15) is 0 Å². The molecule has 0 N–H and O–H groups in total. The van der Waals surface area contributed by atoms with Gasteiger partial charge in [-0.1, -0.05) is 89.1 Å². The molecule has 0 atom stereocenters. The highest BCUT2D eigenvalue weighted by molar-refractivity contribution is 8.04. The molecule has 10 heteroatoms. The molecule has 1 aromatic heterocycles. The molecule has 0 fully saturated rings. The van der Waals surface area contributed by atoms with Gasteiger partial charge in [0.2, 0.25) is 0 Å². The van der Waals surface area contributed by atoms with Crippen LogP contribution in [0.3, 0.4) is 0 Å². The highest BCUT2D eigenvalue weighted by atomic mass is 35.5. The van der Waals surface area contributed by atoms with Crippen LogP contribution in [0.2, 0.25) is 0 Å². The second-order valence-electron chi connectivity index (χ2n) is 6.41. The van der Waals surface area contributed by atoms with E-state index < -0.39 is 9.89 Å². The number of rotatable bonds is 8. The molecule has 0 aliphatic heterocycles. The van der Waals surface area contributed by atoms with Crippen LogP contribution >= 0.6 is 46.3 Å². The maximum atomic E-state index is 14.1. The Morgan fingerprint density at radius 1 is 1.09 bits per heavy atom. The number of nitrogens with zero attached hydrogens (tertiary/aromatic N) is 2. The molecule has 0 aliphatic carbocycles. The molecule has 0 unspecified atom stereocenters. The van der Waals surface area contributed by atoms with Crippen LogP contribution in [-0.2, 0) is 14.3 Å². The monoisotopic (exact) mass is 512 g/mol. The summed E-state index contributed by atoms with van der Waals surface area (Å²) in [6, 6.07) is 17.6. The third-order valence-electron chi connectivity index (χ3n) is 4.33. The van der Waals surface area contributed by atoms with Crippen molar-refractivity contribution in [3.63, 3.8) is 0 Å². The Morgan fingerprint density at radius 3 is 2.25 bits per heavy atom. The fraction of sp³-hybridized carbons (Fsp3) is 0.182. The topological polar surface area (TPSA) is 51.7 Å². The van der Waals surface area contributed by atoms with E-state index in [2.05, 4.69) is 4.98 Å². The molecule has 168 valence electrons. The normalized spacial score (nSPS) is 11.9. The van der Waals surface area contributed by atoms with E-state index in [1.807, 2.05) is 54.6 Å². The SMILES string of the molecule is COC=C(C(=O)OC)N(C)c1nc(-c2ccc(-c3ccccc3)cc2)c(SC(F)(Cl)Cl)s1. The van der Waals surface area contributed by atoms with Crippen LogP contribution in [-0.4, -0.2) is 36.1 Å². The van der Waals surface area contributed by atoms with E-state index in [0.29, 0.717) is 26.8 Å². The summed E-state index contributed by atoms with van der Waals surface area (Å²) in [5, 5.41) is 0.404. The number of aromatic nitrogens is 1. The lowest BCUT2D eigenvalue weighted by Gasteiger charge is -2.17. The number of hydrogen-bond donors (Lipinski definition) is 0. The Morgan fingerprint density at radius 2 is 1.69 bits per heavy atom. The van der Waals surface area contributed by atoms with E-state index in [0.717, 1.165) is 28.0 Å². The van der Waals surface area contributed by atoms with Gasteiger partial charge in [-0.25, -0.2) is 9.78 Å². The maximum absolute atomic E-state index is 14.1. The van der Waals surface area contributed by atoms with Crippen LogP contribution in [0, 0.1) is 0 Å². The van der Waals surface area contributed by atoms with Crippen LogP contribution in [0.25, 0.3) is 22.4 Å². The maximum Gasteiger partial charge on any atom is 0.357 e. The summed E-state index contributed by atoms with van der Waals surface area (Å²) in [7, 11) is 4.31. The van der Waals surface area contributed by atoms with E-state index in [1.54, 1.807) is 7.05 Å². The number of alkyl halides is 3. The van der Waals surface area contributed by atoms with Crippen molar-refractivity contribution in [1.82, 2.24) is 4.98 Å². The Balaban J connectivity index is 2.02. The van der Waals surface area contributed by atoms with Gasteiger partial charge < -0.3 is 14.4 Å². The van der Waals surface area contributed by atoms with Crippen molar-refractivity contribution in [1.29, 1.82) is 0 Å². The van der Waals surface area contributed by atoms with Gasteiger partial charge in [0.25, 0.3) is 0 Å². The lowest BCUT2D eigenvalue weighted by molar-refractivity contribution is -0.136. The fourth-order valence-corrected chi connectivity index (χ4v) is 5.57. The molecule has 0 saturated heterocycles. The summed E-state index contributed by atoms with van der Waals surface area (Å²) in [6.07, 6.45) is 1.25. The molecule has 32 heavy (non-hydrogen) atoms. The second kappa shape index (κ2) is 10.6. The van der Waals surface area contributed by atoms with Gasteiger partial charge in [0.15, 0.2) is 10.8 Å². The van der Waals surface area contributed by atoms with Crippen LogP contribution in [0.5, 0.6) is 0 Å². The Labute approximate surface area is 203 Å². The molecule has 0 saturated carbocycles. The van der Waals surface area contributed by atoms with Gasteiger partial charge in [-0.15, -0.1) is 0 Å². The van der Waals surface area contributed by atoms with Crippen molar-refractivity contribution in [3.05, 3.63) is 66.6 Å². The van der Waals surface area contributed by atoms with Crippen molar-refractivity contribution >= 4 is 57.4 Å². The average molecular weight is 513 g/mol. The number of methoxy groups -OCH3 is 2. The van der Waals surface area contributed by atoms with Gasteiger partial charge in [-0.2, -0.15) is 4.39 Å². The summed E-state index contributed by atoms with van der Waals surface area (Å²) in [5.41, 5.74) is 3.46. The summed E-state index contributed by atoms with van der Waals surface area (Å²) >= 11 is 13.0. The Hall–Kier alpha value is -2.26. The van der Waals surface area contributed by atoms with Gasteiger partial charge in [0, 0.05) is 12.6 Å². The standard InChI is InChI=1S/C22H19Cl2FN2O3S2/c1-27(17(13-29-2)19(28)30-3)21-26-18(20(31-21)32-22(23,24)25)16-11-9-15(10-12-16)14-7-5-4-6-8-14/h4-13H,1-3H3. The number of thiazole rings is 1. The number of halogens is 3. The number of carbonyl (C=O) groups excluding carboxylic acids is 1. The van der Waals surface area contributed by atoms with Crippen molar-refractivity contribution in [2.24, 2.45) is 0 Å². The number of ether oxygens (including phenoxy) is 2. The first kappa shape index (κ1) is 24.4. The number of hydrogen-bond acceptors (Lipinski definition) is 7. The van der Waals surface area contributed by atoms with Gasteiger partial charge in [-0.3, -0.25) is 0 Å². The predicted octanol–water partition coefficient (Wildman–Crippen LogP) is 6.72. The van der Waals surface area contributed by atoms with E-state index in [-0.39, 0.29) is 5.70 Å². The molecule has 0 spiro atoms. The Bertz CT molecular complexity index is 1100. The summed E-state index contributed by atoms with van der Waals surface area (Å²) in [4.78, 5) is 18.3. The molecule has 3 aromatic rings. The predicted molar refractivity (Wildman–Crippen MR) is 130 cm³/mol. The number of thioether (sulfide) groups is 1. The number of benzene rings is 2. The zero-order valence-corrected chi connectivity index (χ0v) is 20.5. The van der Waals surface area contributed by atoms with Crippen molar-refractivity contribution in [2.75, 3.05) is 26.2 Å². The van der Waals surface area contributed by atoms with Crippen LogP contribution < -0.4 is 4.90 Å². The van der Waals surface area contributed by atoms with E-state index >= 15 is 0 Å². The lowest BCUT2D eigenvalue weighted by atomic mass is 10.0. The molecule has 5 nitrogen and oxygen atoms in total. The van der Waals surface area contributed by atoms with Gasteiger partial charge >= 0.3 is 9.89 Å². The molecule has 1 heterocycles. The van der Waals surface area contributed by atoms with Crippen molar-refractivity contribution in [3.8, 4) is 22.4 Å². The van der Waals surface area contributed by atoms with Crippen LogP contribution in [0.4, 0.5) is 9.52 Å². The van der Waals surface area contributed by atoms with Crippen LogP contribution in [0.15, 0.2) is 70.8 Å². The highest BCUT2D eigenvalue weighted by Crippen LogP contribution is 2.49. The minimum atomic E-state index is -2.55. The van der Waals surface area contributed by atoms with Gasteiger partial charge in [-0.05, 0) is 22.9 Å². The van der Waals surface area contributed by atoms with Gasteiger partial charge in [0.05, 0.1) is 24.1 Å². The average Bonchev–Trinajstić information content (AvgIpc) is 3.19. The van der Waals surface area contributed by atoms with Gasteiger partial charge in [0.1, 0.15) is 6.26 Å². The highest BCUT2D eigenvalue weighted by Gasteiger charge is 2.30. The lowest BCUT2D eigenvalue weighted by Crippen LogP contribution is -2.24. The zero-order chi connectivity index (χ0) is 23.3. The summed E-state index contributed by atoms with van der Waals surface area (Å²) in [5.74, 6) is -0.609. The van der Waals surface area contributed by atoms with Crippen molar-refractivity contribution in [2.45, 2.75) is 8.13 Å². The molecule has 0 aliphatic rings. The molecular weight excluding hydrogens is 494 g/mol. The number of anilines is 1. The van der Waals surface area contributed by atoms with Crippen molar-refractivity contribution < 1.29 is 18.7 Å². The van der Waals surface area contributed by atoms with E-state index in [4.69, 9.17) is 32.7 Å². The Kier molecular flexibility index (Phi) is 8.05. The molecule has 0 amide bonds. The minimum absolute atomic E-state index is 0.120. The number of carbonyl (C=O) groups is 1. The number of likely N-dealkylation sites (N-methyl/N-ethyl adjacent to an activating group) is 1. The third-order valence-corrected chi connectivity index (χ3v) is 6.83. The summed E-state index contributed by atoms with van der Waals surface area (Å²) in [6.45, 7) is 0. The third kappa shape index (κ3) is 5.95.